The minimum Gasteiger partial charge on any atom is -0.310 e. The second kappa shape index (κ2) is 6.66. The Labute approximate surface area is 111 Å². The highest BCUT2D eigenvalue weighted by Gasteiger charge is 2.11. The Kier molecular flexibility index (Phi) is 5.83. The molecule has 0 spiro atoms. The molecule has 2 nitrogen and oxygen atoms in total. The zero-order chi connectivity index (χ0) is 13.0. The van der Waals surface area contributed by atoms with Gasteiger partial charge in [0.15, 0.2) is 0 Å². The molecule has 3 unspecified atom stereocenters. The Balaban J connectivity index is 2.42. The van der Waals surface area contributed by atoms with Crippen LogP contribution in [0, 0.1) is 13.8 Å². The molecule has 1 N–H and O–H groups in total. The van der Waals surface area contributed by atoms with Crippen LogP contribution in [0.5, 0.6) is 0 Å². The molecular formula is C13H23NOS2. The third-order valence-corrected chi connectivity index (χ3v) is 5.46. The molecule has 17 heavy (non-hydrogen) atoms. The smallest absolute Gasteiger partial charge is 0.0329 e. The molecule has 0 fully saturated rings. The Morgan fingerprint density at radius 1 is 1.41 bits per heavy atom. The molecule has 1 rings (SSSR count). The summed E-state index contributed by atoms with van der Waals surface area (Å²) < 4.78 is 11.2. The van der Waals surface area contributed by atoms with E-state index >= 15 is 0 Å². The van der Waals surface area contributed by atoms with Crippen LogP contribution in [0.2, 0.25) is 0 Å². The summed E-state index contributed by atoms with van der Waals surface area (Å²) in [6.07, 6.45) is 2.75. The first kappa shape index (κ1) is 14.9. The number of hydrogen-bond donors (Lipinski definition) is 1. The van der Waals surface area contributed by atoms with Gasteiger partial charge < -0.3 is 5.32 Å². The molecule has 0 aliphatic heterocycles. The zero-order valence-electron chi connectivity index (χ0n) is 11.4. The third kappa shape index (κ3) is 4.53. The van der Waals surface area contributed by atoms with Crippen LogP contribution in [0.25, 0.3) is 0 Å². The lowest BCUT2D eigenvalue weighted by Gasteiger charge is -2.15. The lowest BCUT2D eigenvalue weighted by atomic mass is 10.1. The molecule has 0 aliphatic carbocycles. The standard InChI is InChI=1S/C13H23NOS2/c1-9-8-13(12(4)16-9)11(3)14-7-6-10(2)17(5)15/h8,10-11,14H,6-7H2,1-5H3. The van der Waals surface area contributed by atoms with Crippen molar-refractivity contribution < 1.29 is 4.21 Å². The molecule has 0 radical (unpaired) electrons. The Bertz CT molecular complexity index is 387. The summed E-state index contributed by atoms with van der Waals surface area (Å²) in [5, 5.41) is 3.79. The van der Waals surface area contributed by atoms with Gasteiger partial charge in [-0.1, -0.05) is 6.92 Å². The second-order valence-electron chi connectivity index (χ2n) is 4.64. The Hall–Kier alpha value is -0.190. The van der Waals surface area contributed by atoms with E-state index in [0.717, 1.165) is 13.0 Å². The van der Waals surface area contributed by atoms with Gasteiger partial charge in [-0.25, -0.2) is 0 Å². The Morgan fingerprint density at radius 2 is 2.06 bits per heavy atom. The summed E-state index contributed by atoms with van der Waals surface area (Å²) in [4.78, 5) is 2.77. The highest BCUT2D eigenvalue weighted by molar-refractivity contribution is 7.84. The van der Waals surface area contributed by atoms with Gasteiger partial charge in [0.05, 0.1) is 0 Å². The highest BCUT2D eigenvalue weighted by Crippen LogP contribution is 2.25. The summed E-state index contributed by atoms with van der Waals surface area (Å²) in [6.45, 7) is 9.49. The molecule has 1 aromatic rings. The quantitative estimate of drug-likeness (QED) is 0.862. The predicted molar refractivity (Wildman–Crippen MR) is 78.4 cm³/mol. The first-order valence-electron chi connectivity index (χ1n) is 6.04. The number of thiophene rings is 1. The van der Waals surface area contributed by atoms with Gasteiger partial charge in [0, 0.05) is 38.1 Å². The van der Waals surface area contributed by atoms with E-state index < -0.39 is 10.8 Å². The first-order valence-corrected chi connectivity index (χ1v) is 8.48. The van der Waals surface area contributed by atoms with E-state index in [1.807, 2.05) is 18.3 Å². The number of rotatable bonds is 6. The molecule has 1 heterocycles. The number of aryl methyl sites for hydroxylation is 2. The number of hydrogen-bond acceptors (Lipinski definition) is 3. The van der Waals surface area contributed by atoms with Crippen molar-refractivity contribution in [3.63, 3.8) is 0 Å². The van der Waals surface area contributed by atoms with Crippen LogP contribution in [0.3, 0.4) is 0 Å². The van der Waals surface area contributed by atoms with Gasteiger partial charge in [-0.3, -0.25) is 4.21 Å². The van der Waals surface area contributed by atoms with E-state index in [1.54, 1.807) is 6.26 Å². The van der Waals surface area contributed by atoms with Gasteiger partial charge in [-0.15, -0.1) is 11.3 Å². The molecule has 4 heteroatoms. The lowest BCUT2D eigenvalue weighted by molar-refractivity contribution is 0.553. The van der Waals surface area contributed by atoms with Crippen molar-refractivity contribution in [2.75, 3.05) is 12.8 Å². The van der Waals surface area contributed by atoms with Gasteiger partial charge in [-0.05, 0) is 45.4 Å². The number of nitrogens with one attached hydrogen (secondary N) is 1. The van der Waals surface area contributed by atoms with E-state index in [9.17, 15) is 4.21 Å². The highest BCUT2D eigenvalue weighted by atomic mass is 32.2. The van der Waals surface area contributed by atoms with Gasteiger partial charge in [0.1, 0.15) is 0 Å². The van der Waals surface area contributed by atoms with Gasteiger partial charge in [0.25, 0.3) is 0 Å². The maximum atomic E-state index is 11.2. The average Bonchev–Trinajstić information content (AvgIpc) is 2.57. The lowest BCUT2D eigenvalue weighted by Crippen LogP contribution is -2.24. The van der Waals surface area contributed by atoms with Crippen LogP contribution >= 0.6 is 11.3 Å². The van der Waals surface area contributed by atoms with E-state index in [4.69, 9.17) is 0 Å². The normalized spacial score (nSPS) is 16.8. The molecular weight excluding hydrogens is 250 g/mol. The van der Waals surface area contributed by atoms with Crippen molar-refractivity contribution in [3.05, 3.63) is 21.4 Å². The van der Waals surface area contributed by atoms with Crippen LogP contribution in [-0.2, 0) is 10.8 Å². The zero-order valence-corrected chi connectivity index (χ0v) is 13.0. The fourth-order valence-electron chi connectivity index (χ4n) is 1.86. The summed E-state index contributed by atoms with van der Waals surface area (Å²) in [5.41, 5.74) is 1.40. The maximum Gasteiger partial charge on any atom is 0.0329 e. The van der Waals surface area contributed by atoms with Crippen molar-refractivity contribution in [1.82, 2.24) is 5.32 Å². The van der Waals surface area contributed by atoms with E-state index in [-0.39, 0.29) is 5.25 Å². The van der Waals surface area contributed by atoms with Crippen molar-refractivity contribution >= 4 is 22.1 Å². The summed E-state index contributed by atoms with van der Waals surface area (Å²) in [6, 6.07) is 2.65. The van der Waals surface area contributed by atoms with E-state index in [2.05, 4.69) is 32.2 Å². The molecule has 0 aromatic carbocycles. The van der Waals surface area contributed by atoms with Crippen LogP contribution in [0.1, 0.15) is 41.6 Å². The van der Waals surface area contributed by atoms with Crippen molar-refractivity contribution in [1.29, 1.82) is 0 Å². The Morgan fingerprint density at radius 3 is 2.53 bits per heavy atom. The van der Waals surface area contributed by atoms with Crippen LogP contribution in [0.4, 0.5) is 0 Å². The monoisotopic (exact) mass is 273 g/mol. The molecule has 0 saturated carbocycles. The topological polar surface area (TPSA) is 29.1 Å². The van der Waals surface area contributed by atoms with E-state index in [1.165, 1.54) is 15.3 Å². The summed E-state index contributed by atoms with van der Waals surface area (Å²) in [5.74, 6) is 0. The van der Waals surface area contributed by atoms with Crippen LogP contribution in [0.15, 0.2) is 6.07 Å². The van der Waals surface area contributed by atoms with Gasteiger partial charge in [0.2, 0.25) is 0 Å². The fourth-order valence-corrected chi connectivity index (χ4v) is 3.33. The minimum absolute atomic E-state index is 0.278. The fraction of sp³-hybridized carbons (Fsp3) is 0.692. The van der Waals surface area contributed by atoms with E-state index in [0.29, 0.717) is 6.04 Å². The molecule has 1 aromatic heterocycles. The largest absolute Gasteiger partial charge is 0.310 e. The minimum atomic E-state index is -0.708. The summed E-state index contributed by atoms with van der Waals surface area (Å²) >= 11 is 1.85. The van der Waals surface area contributed by atoms with Crippen molar-refractivity contribution in [3.8, 4) is 0 Å². The van der Waals surface area contributed by atoms with Crippen LogP contribution < -0.4 is 5.32 Å². The van der Waals surface area contributed by atoms with Crippen LogP contribution in [-0.4, -0.2) is 22.3 Å². The molecule has 0 saturated heterocycles. The molecule has 0 aliphatic rings. The average molecular weight is 273 g/mol. The molecule has 0 amide bonds. The SMILES string of the molecule is Cc1cc(C(C)NCCC(C)S(C)=O)c(C)s1. The molecule has 0 bridgehead atoms. The van der Waals surface area contributed by atoms with Crippen molar-refractivity contribution in [2.24, 2.45) is 0 Å². The molecule has 3 atom stereocenters. The molecule has 98 valence electrons. The summed E-state index contributed by atoms with van der Waals surface area (Å²) in [7, 11) is -0.708. The first-order chi connectivity index (χ1) is 7.91. The second-order valence-corrected chi connectivity index (χ2v) is 7.90. The predicted octanol–water partition coefficient (Wildman–Crippen LogP) is 3.17. The third-order valence-electron chi connectivity index (χ3n) is 3.11. The van der Waals surface area contributed by atoms with Gasteiger partial charge in [-0.2, -0.15) is 0 Å². The maximum absolute atomic E-state index is 11.2. The van der Waals surface area contributed by atoms with Crippen molar-refractivity contribution in [2.45, 2.75) is 45.4 Å². The van der Waals surface area contributed by atoms with Gasteiger partial charge >= 0.3 is 0 Å².